The molecule has 1 aliphatic heterocycles. The molecular formula is C17H17FO. The Hall–Kier alpha value is -1.67. The Kier molecular flexibility index (Phi) is 3.11. The van der Waals surface area contributed by atoms with Gasteiger partial charge in [0.15, 0.2) is 0 Å². The van der Waals surface area contributed by atoms with Crippen LogP contribution >= 0.6 is 0 Å². The summed E-state index contributed by atoms with van der Waals surface area (Å²) in [6.07, 6.45) is 1.93. The van der Waals surface area contributed by atoms with Gasteiger partial charge >= 0.3 is 0 Å². The lowest BCUT2D eigenvalue weighted by Crippen LogP contribution is -2.26. The minimum absolute atomic E-state index is 0.207. The molecule has 0 saturated heterocycles. The average Bonchev–Trinajstić information content (AvgIpc) is 2.81. The van der Waals surface area contributed by atoms with Crippen LogP contribution in [0.2, 0.25) is 0 Å². The van der Waals surface area contributed by atoms with E-state index in [1.165, 1.54) is 23.3 Å². The highest BCUT2D eigenvalue weighted by Crippen LogP contribution is 2.45. The first-order valence-electron chi connectivity index (χ1n) is 6.74. The lowest BCUT2D eigenvalue weighted by molar-refractivity contribution is -0.0121. The molecule has 1 nitrogen and oxygen atoms in total. The summed E-state index contributed by atoms with van der Waals surface area (Å²) < 4.78 is 19.3. The van der Waals surface area contributed by atoms with E-state index in [4.69, 9.17) is 4.74 Å². The quantitative estimate of drug-likeness (QED) is 0.791. The minimum atomic E-state index is -0.404. The van der Waals surface area contributed by atoms with Crippen molar-refractivity contribution in [1.29, 1.82) is 0 Å². The van der Waals surface area contributed by atoms with E-state index in [2.05, 4.69) is 19.1 Å². The molecule has 0 spiro atoms. The second-order valence-electron chi connectivity index (χ2n) is 5.03. The monoisotopic (exact) mass is 256 g/mol. The molecule has 0 aliphatic carbocycles. The zero-order chi connectivity index (χ0) is 13.3. The molecule has 0 radical (unpaired) electrons. The van der Waals surface area contributed by atoms with Crippen molar-refractivity contribution in [3.05, 3.63) is 71.0 Å². The van der Waals surface area contributed by atoms with Gasteiger partial charge in [0.25, 0.3) is 0 Å². The molecule has 0 amide bonds. The van der Waals surface area contributed by atoms with Crippen LogP contribution in [0.4, 0.5) is 4.39 Å². The summed E-state index contributed by atoms with van der Waals surface area (Å²) in [6, 6.07) is 15.0. The molecule has 0 saturated carbocycles. The van der Waals surface area contributed by atoms with Gasteiger partial charge in [-0.3, -0.25) is 0 Å². The second-order valence-corrected chi connectivity index (χ2v) is 5.03. The van der Waals surface area contributed by atoms with Crippen molar-refractivity contribution >= 4 is 0 Å². The number of ether oxygens (including phenoxy) is 1. The van der Waals surface area contributed by atoms with Crippen LogP contribution < -0.4 is 0 Å². The molecule has 19 heavy (non-hydrogen) atoms. The lowest BCUT2D eigenvalue weighted by Gasteiger charge is -2.30. The third-order valence-electron chi connectivity index (χ3n) is 3.84. The van der Waals surface area contributed by atoms with Gasteiger partial charge in [-0.25, -0.2) is 4.39 Å². The Morgan fingerprint density at radius 1 is 1.11 bits per heavy atom. The van der Waals surface area contributed by atoms with Crippen molar-refractivity contribution in [3.8, 4) is 0 Å². The van der Waals surface area contributed by atoms with Crippen LogP contribution in [0.25, 0.3) is 0 Å². The van der Waals surface area contributed by atoms with Crippen LogP contribution in [0, 0.1) is 5.82 Å². The fraction of sp³-hybridized carbons (Fsp3) is 0.294. The van der Waals surface area contributed by atoms with Gasteiger partial charge in [-0.15, -0.1) is 0 Å². The smallest absolute Gasteiger partial charge is 0.123 e. The molecule has 2 aromatic carbocycles. The first-order valence-corrected chi connectivity index (χ1v) is 6.74. The van der Waals surface area contributed by atoms with Gasteiger partial charge in [0.2, 0.25) is 0 Å². The SMILES string of the molecule is CCCC1(c2ccc(F)cc2)OCc2ccccc21. The fourth-order valence-corrected chi connectivity index (χ4v) is 2.98. The number of hydrogen-bond acceptors (Lipinski definition) is 1. The van der Waals surface area contributed by atoms with E-state index in [-0.39, 0.29) is 5.82 Å². The van der Waals surface area contributed by atoms with Crippen LogP contribution in [-0.2, 0) is 16.9 Å². The highest BCUT2D eigenvalue weighted by Gasteiger charge is 2.40. The fourth-order valence-electron chi connectivity index (χ4n) is 2.98. The minimum Gasteiger partial charge on any atom is -0.361 e. The van der Waals surface area contributed by atoms with Crippen LogP contribution in [-0.4, -0.2) is 0 Å². The predicted octanol–water partition coefficient (Wildman–Crippen LogP) is 4.40. The largest absolute Gasteiger partial charge is 0.361 e. The van der Waals surface area contributed by atoms with Gasteiger partial charge in [0.1, 0.15) is 11.4 Å². The maximum absolute atomic E-state index is 13.1. The van der Waals surface area contributed by atoms with Crippen LogP contribution in [0.15, 0.2) is 48.5 Å². The average molecular weight is 256 g/mol. The molecule has 2 heteroatoms. The topological polar surface area (TPSA) is 9.23 Å². The van der Waals surface area contributed by atoms with Crippen LogP contribution in [0.5, 0.6) is 0 Å². The first-order chi connectivity index (χ1) is 9.26. The Labute approximate surface area is 113 Å². The molecule has 1 unspecified atom stereocenters. The third kappa shape index (κ3) is 1.96. The second kappa shape index (κ2) is 4.78. The molecule has 1 aliphatic rings. The van der Waals surface area contributed by atoms with Gasteiger partial charge in [0, 0.05) is 0 Å². The first kappa shape index (κ1) is 12.4. The molecule has 0 N–H and O–H groups in total. The Bertz CT molecular complexity index is 572. The maximum Gasteiger partial charge on any atom is 0.123 e. The van der Waals surface area contributed by atoms with Crippen molar-refractivity contribution < 1.29 is 9.13 Å². The summed E-state index contributed by atoms with van der Waals surface area (Å²) in [6.45, 7) is 2.78. The maximum atomic E-state index is 13.1. The molecule has 3 rings (SSSR count). The van der Waals surface area contributed by atoms with E-state index in [0.717, 1.165) is 18.4 Å². The van der Waals surface area contributed by atoms with Gasteiger partial charge in [-0.05, 0) is 35.2 Å². The Morgan fingerprint density at radius 3 is 2.58 bits per heavy atom. The summed E-state index contributed by atoms with van der Waals surface area (Å²) in [5.74, 6) is -0.207. The van der Waals surface area contributed by atoms with Crippen LogP contribution in [0.1, 0.15) is 36.5 Å². The summed E-state index contributed by atoms with van der Waals surface area (Å²) in [5, 5.41) is 0. The van der Waals surface area contributed by atoms with Gasteiger partial charge in [-0.2, -0.15) is 0 Å². The van der Waals surface area contributed by atoms with Gasteiger partial charge < -0.3 is 4.74 Å². The number of rotatable bonds is 3. The summed E-state index contributed by atoms with van der Waals surface area (Å²) in [5.41, 5.74) is 3.10. The number of benzene rings is 2. The molecule has 2 aromatic rings. The van der Waals surface area contributed by atoms with E-state index >= 15 is 0 Å². The van der Waals surface area contributed by atoms with Crippen molar-refractivity contribution in [2.24, 2.45) is 0 Å². The molecule has 98 valence electrons. The molecule has 1 atom stereocenters. The van der Waals surface area contributed by atoms with E-state index in [9.17, 15) is 4.39 Å². The van der Waals surface area contributed by atoms with Crippen molar-refractivity contribution in [2.45, 2.75) is 32.0 Å². The van der Waals surface area contributed by atoms with Crippen molar-refractivity contribution in [2.75, 3.05) is 0 Å². The zero-order valence-electron chi connectivity index (χ0n) is 11.0. The highest BCUT2D eigenvalue weighted by molar-refractivity contribution is 5.43. The molecule has 0 bridgehead atoms. The zero-order valence-corrected chi connectivity index (χ0v) is 11.0. The standard InChI is InChI=1S/C17H17FO/c1-2-11-17(14-7-9-15(18)10-8-14)16-6-4-3-5-13(16)12-19-17/h3-10H,2,11-12H2,1H3. The number of hydrogen-bond donors (Lipinski definition) is 0. The number of fused-ring (bicyclic) bond motifs is 1. The van der Waals surface area contributed by atoms with Crippen LogP contribution in [0.3, 0.4) is 0 Å². The highest BCUT2D eigenvalue weighted by atomic mass is 19.1. The molecule has 0 fully saturated rings. The Morgan fingerprint density at radius 2 is 1.84 bits per heavy atom. The normalized spacial score (nSPS) is 21.4. The summed E-state index contributed by atoms with van der Waals surface area (Å²) >= 11 is 0. The molecule has 1 heterocycles. The van der Waals surface area contributed by atoms with E-state index in [0.29, 0.717) is 6.61 Å². The third-order valence-corrected chi connectivity index (χ3v) is 3.84. The van der Waals surface area contributed by atoms with Crippen molar-refractivity contribution in [3.63, 3.8) is 0 Å². The molecule has 0 aromatic heterocycles. The van der Waals surface area contributed by atoms with Gasteiger partial charge in [-0.1, -0.05) is 49.7 Å². The van der Waals surface area contributed by atoms with E-state index < -0.39 is 5.60 Å². The lowest BCUT2D eigenvalue weighted by atomic mass is 9.82. The summed E-state index contributed by atoms with van der Waals surface area (Å²) in [7, 11) is 0. The van der Waals surface area contributed by atoms with E-state index in [1.54, 1.807) is 0 Å². The summed E-state index contributed by atoms with van der Waals surface area (Å²) in [4.78, 5) is 0. The number of halogens is 1. The van der Waals surface area contributed by atoms with E-state index in [1.807, 2.05) is 24.3 Å². The Balaban J connectivity index is 2.13. The van der Waals surface area contributed by atoms with Gasteiger partial charge in [0.05, 0.1) is 6.61 Å². The van der Waals surface area contributed by atoms with Crippen molar-refractivity contribution in [1.82, 2.24) is 0 Å². The molecular weight excluding hydrogens is 239 g/mol. The predicted molar refractivity (Wildman–Crippen MR) is 73.3 cm³/mol.